The third-order valence-corrected chi connectivity index (χ3v) is 4.19. The van der Waals surface area contributed by atoms with Gasteiger partial charge in [-0.1, -0.05) is 0 Å². The molecule has 0 aliphatic carbocycles. The zero-order chi connectivity index (χ0) is 15.0. The molecule has 110 valence electrons. The van der Waals surface area contributed by atoms with Gasteiger partial charge in [0.2, 0.25) is 0 Å². The summed E-state index contributed by atoms with van der Waals surface area (Å²) in [6.07, 6.45) is 7.11. The van der Waals surface area contributed by atoms with Gasteiger partial charge in [-0.3, -0.25) is 4.68 Å². The Labute approximate surface area is 130 Å². The van der Waals surface area contributed by atoms with Gasteiger partial charge in [0.05, 0.1) is 22.6 Å². The number of nitrogens with two attached hydrogens (primary N) is 2. The SMILES string of the molecule is Cn1cc(-c2cnn3c(N)c(Br)c(CCCN)nc23)cn1. The minimum atomic E-state index is 0.544. The molecule has 0 aliphatic rings. The lowest BCUT2D eigenvalue weighted by atomic mass is 10.2. The first kappa shape index (κ1) is 14.0. The van der Waals surface area contributed by atoms with Crippen molar-refractivity contribution in [2.75, 3.05) is 12.3 Å². The number of aryl methyl sites for hydroxylation is 2. The van der Waals surface area contributed by atoms with Crippen LogP contribution in [0.4, 0.5) is 5.82 Å². The molecular weight excluding hydrogens is 334 g/mol. The maximum Gasteiger partial charge on any atom is 0.165 e. The minimum Gasteiger partial charge on any atom is -0.383 e. The van der Waals surface area contributed by atoms with Gasteiger partial charge in [0.1, 0.15) is 5.82 Å². The maximum absolute atomic E-state index is 6.15. The van der Waals surface area contributed by atoms with Crippen molar-refractivity contribution in [3.8, 4) is 11.1 Å². The van der Waals surface area contributed by atoms with Crippen LogP contribution in [0, 0.1) is 0 Å². The number of nitrogens with zero attached hydrogens (tertiary/aromatic N) is 5. The number of fused-ring (bicyclic) bond motifs is 1. The molecule has 0 aromatic carbocycles. The summed E-state index contributed by atoms with van der Waals surface area (Å²) in [7, 11) is 1.88. The van der Waals surface area contributed by atoms with Crippen LogP contribution in [0.25, 0.3) is 16.8 Å². The van der Waals surface area contributed by atoms with Crippen LogP contribution < -0.4 is 11.5 Å². The third kappa shape index (κ3) is 2.40. The zero-order valence-electron chi connectivity index (χ0n) is 11.6. The van der Waals surface area contributed by atoms with Gasteiger partial charge in [-0.15, -0.1) is 0 Å². The number of halogens is 1. The Balaban J connectivity index is 2.18. The van der Waals surface area contributed by atoms with Crippen molar-refractivity contribution in [3.63, 3.8) is 0 Å². The van der Waals surface area contributed by atoms with E-state index in [9.17, 15) is 0 Å². The van der Waals surface area contributed by atoms with Crippen molar-refractivity contribution in [2.24, 2.45) is 12.8 Å². The normalized spacial score (nSPS) is 11.4. The van der Waals surface area contributed by atoms with Crippen molar-refractivity contribution in [3.05, 3.63) is 28.8 Å². The fourth-order valence-corrected chi connectivity index (χ4v) is 2.70. The molecule has 3 aromatic heterocycles. The molecule has 4 N–H and O–H groups in total. The second-order valence-corrected chi connectivity index (χ2v) is 5.64. The number of rotatable bonds is 4. The van der Waals surface area contributed by atoms with Crippen LogP contribution in [0.5, 0.6) is 0 Å². The molecule has 8 heteroatoms. The summed E-state index contributed by atoms with van der Waals surface area (Å²) in [5.41, 5.74) is 15.2. The van der Waals surface area contributed by atoms with E-state index in [1.165, 1.54) is 0 Å². The largest absolute Gasteiger partial charge is 0.383 e. The number of aromatic nitrogens is 5. The van der Waals surface area contributed by atoms with Gasteiger partial charge < -0.3 is 11.5 Å². The van der Waals surface area contributed by atoms with Crippen LogP contribution in [-0.4, -0.2) is 30.9 Å². The van der Waals surface area contributed by atoms with Crippen LogP contribution in [0.15, 0.2) is 23.1 Å². The van der Waals surface area contributed by atoms with Gasteiger partial charge in [-0.25, -0.2) is 4.98 Å². The molecular formula is C13H16BrN7. The Hall–Kier alpha value is -1.93. The molecule has 0 saturated heterocycles. The molecule has 0 unspecified atom stereocenters. The fraction of sp³-hybridized carbons (Fsp3) is 0.308. The molecule has 0 aliphatic heterocycles. The van der Waals surface area contributed by atoms with Crippen molar-refractivity contribution in [1.82, 2.24) is 24.4 Å². The summed E-state index contributed by atoms with van der Waals surface area (Å²) < 4.78 is 4.17. The van der Waals surface area contributed by atoms with Crippen LogP contribution in [0.1, 0.15) is 12.1 Å². The predicted octanol–water partition coefficient (Wildman–Crippen LogP) is 1.37. The van der Waals surface area contributed by atoms with Crippen molar-refractivity contribution >= 4 is 27.4 Å². The number of nitrogen functional groups attached to an aromatic ring is 1. The number of hydrogen-bond acceptors (Lipinski definition) is 5. The van der Waals surface area contributed by atoms with Crippen LogP contribution >= 0.6 is 15.9 Å². The first-order valence-electron chi connectivity index (χ1n) is 6.62. The van der Waals surface area contributed by atoms with Gasteiger partial charge in [0.15, 0.2) is 5.65 Å². The summed E-state index contributed by atoms with van der Waals surface area (Å²) in [6, 6.07) is 0. The van der Waals surface area contributed by atoms with E-state index in [0.29, 0.717) is 12.4 Å². The van der Waals surface area contributed by atoms with Crippen molar-refractivity contribution in [1.29, 1.82) is 0 Å². The van der Waals surface area contributed by atoms with E-state index in [0.717, 1.165) is 39.8 Å². The minimum absolute atomic E-state index is 0.544. The standard InChI is InChI=1S/C13H16BrN7/c1-20-7-8(5-17-20)9-6-18-21-12(16)11(14)10(3-2-4-15)19-13(9)21/h5-7H,2-4,15-16H2,1H3. The Morgan fingerprint density at radius 2 is 2.10 bits per heavy atom. The van der Waals surface area contributed by atoms with E-state index < -0.39 is 0 Å². The van der Waals surface area contributed by atoms with Gasteiger partial charge in [-0.2, -0.15) is 14.7 Å². The topological polar surface area (TPSA) is 100 Å². The van der Waals surface area contributed by atoms with E-state index in [2.05, 4.69) is 26.1 Å². The molecule has 3 aromatic rings. The molecule has 0 atom stereocenters. The Bertz CT molecular complexity index is 789. The monoisotopic (exact) mass is 349 g/mol. The lowest BCUT2D eigenvalue weighted by Crippen LogP contribution is -2.07. The average molecular weight is 350 g/mol. The first-order chi connectivity index (χ1) is 10.1. The maximum atomic E-state index is 6.15. The number of hydrogen-bond donors (Lipinski definition) is 2. The van der Waals surface area contributed by atoms with E-state index >= 15 is 0 Å². The summed E-state index contributed by atoms with van der Waals surface area (Å²) in [6.45, 7) is 0.619. The lowest BCUT2D eigenvalue weighted by Gasteiger charge is -2.08. The van der Waals surface area contributed by atoms with Crippen molar-refractivity contribution < 1.29 is 0 Å². The second kappa shape index (κ2) is 5.45. The zero-order valence-corrected chi connectivity index (χ0v) is 13.2. The fourth-order valence-electron chi connectivity index (χ4n) is 2.24. The van der Waals surface area contributed by atoms with Gasteiger partial charge in [0.25, 0.3) is 0 Å². The molecule has 21 heavy (non-hydrogen) atoms. The summed E-state index contributed by atoms with van der Waals surface area (Å²) >= 11 is 3.50. The van der Waals surface area contributed by atoms with E-state index in [1.807, 2.05) is 13.2 Å². The molecule has 0 amide bonds. The van der Waals surface area contributed by atoms with E-state index in [-0.39, 0.29) is 0 Å². The second-order valence-electron chi connectivity index (χ2n) is 4.85. The molecule has 0 fully saturated rings. The first-order valence-corrected chi connectivity index (χ1v) is 7.41. The van der Waals surface area contributed by atoms with Gasteiger partial charge in [-0.05, 0) is 35.3 Å². The Kier molecular flexibility index (Phi) is 3.64. The van der Waals surface area contributed by atoms with E-state index in [1.54, 1.807) is 21.6 Å². The quantitative estimate of drug-likeness (QED) is 0.740. The number of anilines is 1. The highest BCUT2D eigenvalue weighted by Gasteiger charge is 2.16. The average Bonchev–Trinajstić information content (AvgIpc) is 3.07. The molecule has 3 heterocycles. The summed E-state index contributed by atoms with van der Waals surface area (Å²) in [4.78, 5) is 4.70. The summed E-state index contributed by atoms with van der Waals surface area (Å²) in [5, 5.41) is 8.51. The molecule has 0 bridgehead atoms. The van der Waals surface area contributed by atoms with Gasteiger partial charge >= 0.3 is 0 Å². The molecule has 3 rings (SSSR count). The molecule has 7 nitrogen and oxygen atoms in total. The highest BCUT2D eigenvalue weighted by Crippen LogP contribution is 2.29. The smallest absolute Gasteiger partial charge is 0.165 e. The van der Waals surface area contributed by atoms with Crippen LogP contribution in [0.3, 0.4) is 0 Å². The third-order valence-electron chi connectivity index (χ3n) is 3.32. The Morgan fingerprint density at radius 1 is 1.29 bits per heavy atom. The molecule has 0 spiro atoms. The van der Waals surface area contributed by atoms with Gasteiger partial charge in [0, 0.05) is 24.4 Å². The molecule has 0 radical (unpaired) electrons. The summed E-state index contributed by atoms with van der Waals surface area (Å²) in [5.74, 6) is 0.544. The van der Waals surface area contributed by atoms with Crippen molar-refractivity contribution in [2.45, 2.75) is 12.8 Å². The van der Waals surface area contributed by atoms with Crippen LogP contribution in [-0.2, 0) is 13.5 Å². The highest BCUT2D eigenvalue weighted by molar-refractivity contribution is 9.10. The highest BCUT2D eigenvalue weighted by atomic mass is 79.9. The van der Waals surface area contributed by atoms with E-state index in [4.69, 9.17) is 16.5 Å². The lowest BCUT2D eigenvalue weighted by molar-refractivity contribution is 0.768. The Morgan fingerprint density at radius 3 is 2.76 bits per heavy atom. The van der Waals surface area contributed by atoms with Crippen LogP contribution in [0.2, 0.25) is 0 Å². The molecule has 0 saturated carbocycles. The predicted molar refractivity (Wildman–Crippen MR) is 84.7 cm³/mol.